The Hall–Kier alpha value is -2.53. The maximum Gasteiger partial charge on any atom is 0.271 e. The second kappa shape index (κ2) is 7.00. The summed E-state index contributed by atoms with van der Waals surface area (Å²) in [7, 11) is -3.68. The predicted molar refractivity (Wildman–Crippen MR) is 90.1 cm³/mol. The van der Waals surface area contributed by atoms with Crippen molar-refractivity contribution < 1.29 is 17.7 Å². The number of nitrogens with one attached hydrogen (secondary N) is 2. The van der Waals surface area contributed by atoms with Crippen LogP contribution in [0.15, 0.2) is 26.3 Å². The van der Waals surface area contributed by atoms with Crippen molar-refractivity contribution in [1.29, 1.82) is 0 Å². The summed E-state index contributed by atoms with van der Waals surface area (Å²) in [6.45, 7) is 3.71. The summed E-state index contributed by atoms with van der Waals surface area (Å²) in [6, 6.07) is 2.39. The van der Waals surface area contributed by atoms with Crippen molar-refractivity contribution in [2.24, 2.45) is 0 Å². The van der Waals surface area contributed by atoms with E-state index in [1.54, 1.807) is 13.8 Å². The maximum absolute atomic E-state index is 12.8. The molecule has 2 aromatic heterocycles. The SMILES string of the molecule is Cc1noc(C)c1S(=O)(=O)N1CCC(NC(=O)c2ccc(=O)[nH]n2)CC1. The highest BCUT2D eigenvalue weighted by molar-refractivity contribution is 7.89. The average molecular weight is 381 g/mol. The number of carbonyl (C=O) groups is 1. The highest BCUT2D eigenvalue weighted by Gasteiger charge is 2.34. The zero-order valence-corrected chi connectivity index (χ0v) is 15.2. The number of amides is 1. The van der Waals surface area contributed by atoms with Gasteiger partial charge in [0, 0.05) is 25.2 Å². The first-order valence-corrected chi connectivity index (χ1v) is 9.52. The van der Waals surface area contributed by atoms with Crippen LogP contribution in [0.25, 0.3) is 0 Å². The van der Waals surface area contributed by atoms with E-state index in [9.17, 15) is 18.0 Å². The van der Waals surface area contributed by atoms with E-state index >= 15 is 0 Å². The second-order valence-electron chi connectivity index (χ2n) is 6.11. The summed E-state index contributed by atoms with van der Waals surface area (Å²) in [6.07, 6.45) is 0.940. The van der Waals surface area contributed by atoms with Gasteiger partial charge in [0.2, 0.25) is 10.0 Å². The molecule has 2 aromatic rings. The topological polar surface area (TPSA) is 138 Å². The summed E-state index contributed by atoms with van der Waals surface area (Å²) in [5.74, 6) is -0.143. The van der Waals surface area contributed by atoms with E-state index in [-0.39, 0.29) is 41.0 Å². The van der Waals surface area contributed by atoms with Crippen LogP contribution in [0.4, 0.5) is 0 Å². The third-order valence-corrected chi connectivity index (χ3v) is 6.41. The third-order valence-electron chi connectivity index (χ3n) is 4.27. The van der Waals surface area contributed by atoms with E-state index in [0.29, 0.717) is 18.5 Å². The Morgan fingerprint density at radius 2 is 2.00 bits per heavy atom. The summed E-state index contributed by atoms with van der Waals surface area (Å²) >= 11 is 0. The zero-order valence-electron chi connectivity index (χ0n) is 14.4. The minimum absolute atomic E-state index is 0.107. The van der Waals surface area contributed by atoms with E-state index < -0.39 is 15.9 Å². The summed E-state index contributed by atoms with van der Waals surface area (Å²) in [5.41, 5.74) is 0.0526. The Balaban J connectivity index is 1.63. The van der Waals surface area contributed by atoms with Crippen molar-refractivity contribution in [3.05, 3.63) is 39.6 Å². The van der Waals surface area contributed by atoms with Gasteiger partial charge in [-0.2, -0.15) is 9.40 Å². The third kappa shape index (κ3) is 3.53. The van der Waals surface area contributed by atoms with Crippen LogP contribution in [0, 0.1) is 13.8 Å². The molecule has 140 valence electrons. The van der Waals surface area contributed by atoms with Gasteiger partial charge in [-0.05, 0) is 32.8 Å². The monoisotopic (exact) mass is 381 g/mol. The number of aromatic amines is 1. The molecule has 3 heterocycles. The zero-order chi connectivity index (χ0) is 18.9. The number of H-pyrrole nitrogens is 1. The molecular weight excluding hydrogens is 362 g/mol. The first-order valence-electron chi connectivity index (χ1n) is 8.08. The number of sulfonamides is 1. The van der Waals surface area contributed by atoms with E-state index in [1.165, 1.54) is 16.4 Å². The number of rotatable bonds is 4. The molecule has 26 heavy (non-hydrogen) atoms. The smallest absolute Gasteiger partial charge is 0.271 e. The lowest BCUT2D eigenvalue weighted by Crippen LogP contribution is -2.46. The van der Waals surface area contributed by atoms with Crippen molar-refractivity contribution >= 4 is 15.9 Å². The highest BCUT2D eigenvalue weighted by Crippen LogP contribution is 2.25. The molecular formula is C15H19N5O5S. The van der Waals surface area contributed by atoms with Crippen LogP contribution >= 0.6 is 0 Å². The van der Waals surface area contributed by atoms with Crippen LogP contribution in [-0.2, 0) is 10.0 Å². The van der Waals surface area contributed by atoms with Crippen LogP contribution in [-0.4, -0.2) is 53.1 Å². The Labute approximate surface area is 149 Å². The van der Waals surface area contributed by atoms with Gasteiger partial charge in [-0.25, -0.2) is 13.5 Å². The standard InChI is InChI=1S/C15H19N5O5S/c1-9-14(10(2)25-19-9)26(23,24)20-7-5-11(6-8-20)16-15(22)12-3-4-13(21)18-17-12/h3-4,11H,5-8H2,1-2H3,(H,16,22)(H,18,21). The fraction of sp³-hybridized carbons (Fsp3) is 0.467. The normalized spacial score (nSPS) is 16.5. The maximum atomic E-state index is 12.8. The minimum Gasteiger partial charge on any atom is -0.360 e. The molecule has 1 aliphatic rings. The van der Waals surface area contributed by atoms with Gasteiger partial charge >= 0.3 is 0 Å². The molecule has 2 N–H and O–H groups in total. The van der Waals surface area contributed by atoms with E-state index in [1.807, 2.05) is 0 Å². The molecule has 1 aliphatic heterocycles. The molecule has 0 unspecified atom stereocenters. The minimum atomic E-state index is -3.68. The lowest BCUT2D eigenvalue weighted by Gasteiger charge is -2.31. The van der Waals surface area contributed by atoms with Gasteiger partial charge < -0.3 is 9.84 Å². The van der Waals surface area contributed by atoms with Crippen LogP contribution < -0.4 is 10.9 Å². The highest BCUT2D eigenvalue weighted by atomic mass is 32.2. The van der Waals surface area contributed by atoms with Gasteiger partial charge in [0.15, 0.2) is 5.76 Å². The number of carbonyl (C=O) groups excluding carboxylic acids is 1. The van der Waals surface area contributed by atoms with Crippen molar-refractivity contribution in [3.8, 4) is 0 Å². The molecule has 0 bridgehead atoms. The number of aryl methyl sites for hydroxylation is 2. The molecule has 1 fully saturated rings. The average Bonchev–Trinajstić information content (AvgIpc) is 2.95. The number of hydrogen-bond donors (Lipinski definition) is 2. The predicted octanol–water partition coefficient (Wildman–Crippen LogP) is -0.0422. The molecule has 0 saturated carbocycles. The summed E-state index contributed by atoms with van der Waals surface area (Å²) < 4.78 is 31.9. The molecule has 10 nitrogen and oxygen atoms in total. The first kappa shape index (κ1) is 18.3. The molecule has 0 aromatic carbocycles. The molecule has 0 aliphatic carbocycles. The molecule has 1 amide bonds. The van der Waals surface area contributed by atoms with Gasteiger partial charge in [0.25, 0.3) is 11.5 Å². The van der Waals surface area contributed by atoms with Crippen molar-refractivity contribution in [2.75, 3.05) is 13.1 Å². The van der Waals surface area contributed by atoms with E-state index in [4.69, 9.17) is 4.52 Å². The number of hydrogen-bond acceptors (Lipinski definition) is 7. The number of aromatic nitrogens is 3. The Kier molecular flexibility index (Phi) is 4.92. The molecule has 0 spiro atoms. The van der Waals surface area contributed by atoms with Crippen LogP contribution in [0.2, 0.25) is 0 Å². The second-order valence-corrected chi connectivity index (χ2v) is 7.99. The lowest BCUT2D eigenvalue weighted by molar-refractivity contribution is 0.0917. The molecule has 0 radical (unpaired) electrons. The fourth-order valence-electron chi connectivity index (χ4n) is 2.94. The molecule has 3 rings (SSSR count). The van der Waals surface area contributed by atoms with Gasteiger partial charge in [-0.15, -0.1) is 0 Å². The van der Waals surface area contributed by atoms with Gasteiger partial charge in [-0.1, -0.05) is 5.16 Å². The Morgan fingerprint density at radius 3 is 2.54 bits per heavy atom. The quantitative estimate of drug-likeness (QED) is 0.757. The van der Waals surface area contributed by atoms with Crippen molar-refractivity contribution in [2.45, 2.75) is 37.6 Å². The van der Waals surface area contributed by atoms with Crippen molar-refractivity contribution in [1.82, 2.24) is 25.0 Å². The van der Waals surface area contributed by atoms with Crippen LogP contribution in [0.5, 0.6) is 0 Å². The summed E-state index contributed by atoms with van der Waals surface area (Å²) in [4.78, 5) is 23.2. The lowest BCUT2D eigenvalue weighted by atomic mass is 10.1. The number of nitrogens with zero attached hydrogens (tertiary/aromatic N) is 3. The van der Waals surface area contributed by atoms with Crippen LogP contribution in [0.3, 0.4) is 0 Å². The van der Waals surface area contributed by atoms with Crippen molar-refractivity contribution in [3.63, 3.8) is 0 Å². The summed E-state index contributed by atoms with van der Waals surface area (Å²) in [5, 5.41) is 12.4. The fourth-order valence-corrected chi connectivity index (χ4v) is 4.70. The van der Waals surface area contributed by atoms with Crippen LogP contribution in [0.1, 0.15) is 34.8 Å². The molecule has 1 saturated heterocycles. The van der Waals surface area contributed by atoms with Gasteiger partial charge in [0.05, 0.1) is 0 Å². The Morgan fingerprint density at radius 1 is 1.31 bits per heavy atom. The largest absolute Gasteiger partial charge is 0.360 e. The van der Waals surface area contributed by atoms with E-state index in [2.05, 4.69) is 20.7 Å². The van der Waals surface area contributed by atoms with E-state index in [0.717, 1.165) is 0 Å². The Bertz CT molecular complexity index is 933. The van der Waals surface area contributed by atoms with Gasteiger partial charge in [-0.3, -0.25) is 9.59 Å². The number of piperidine rings is 1. The molecule has 0 atom stereocenters. The van der Waals surface area contributed by atoms with Gasteiger partial charge in [0.1, 0.15) is 16.3 Å². The first-order chi connectivity index (χ1) is 12.3. The molecule has 11 heteroatoms.